The quantitative estimate of drug-likeness (QED) is 0.228. The number of ether oxygens (including phenoxy) is 2. The number of fused-ring (bicyclic) bond motifs is 1. The van der Waals surface area contributed by atoms with E-state index in [1.54, 1.807) is 17.5 Å². The smallest absolute Gasteiger partial charge is 0.382 e. The lowest BCUT2D eigenvalue weighted by Crippen LogP contribution is -2.39. The number of hydrogen-bond acceptors (Lipinski definition) is 8. The standard InChI is InChI=1S/C28H26F6N2O6S2/c1-44(38,39)42-23-4-2-3-17-13-40-26(41-14-20(17)23)22-15-43-25(35-22)16-7-9-36(10-8-16)24(37)12-18-11-19(27(29,30)31)5-6-21(18)28(32,33)34/h2-6,11,15-16,26H,7-10,12-14H2,1H3. The molecule has 238 valence electrons. The van der Waals surface area contributed by atoms with Crippen molar-refractivity contribution in [1.29, 1.82) is 0 Å². The second kappa shape index (κ2) is 12.3. The Morgan fingerprint density at radius 1 is 1.05 bits per heavy atom. The lowest BCUT2D eigenvalue weighted by atomic mass is 9.96. The summed E-state index contributed by atoms with van der Waals surface area (Å²) < 4.78 is 120. The Morgan fingerprint density at radius 3 is 2.41 bits per heavy atom. The van der Waals surface area contributed by atoms with Crippen molar-refractivity contribution >= 4 is 27.4 Å². The number of alkyl halides is 6. The first-order chi connectivity index (χ1) is 20.6. The third-order valence-electron chi connectivity index (χ3n) is 7.30. The Hall–Kier alpha value is -3.21. The van der Waals surface area contributed by atoms with Gasteiger partial charge < -0.3 is 18.6 Å². The number of benzene rings is 2. The van der Waals surface area contributed by atoms with Crippen LogP contribution in [0.2, 0.25) is 0 Å². The highest BCUT2D eigenvalue weighted by molar-refractivity contribution is 7.86. The number of aromatic nitrogens is 1. The van der Waals surface area contributed by atoms with E-state index < -0.39 is 57.8 Å². The molecule has 0 radical (unpaired) electrons. The number of carbonyl (C=O) groups excluding carboxylic acids is 1. The van der Waals surface area contributed by atoms with Gasteiger partial charge in [-0.15, -0.1) is 11.3 Å². The molecule has 5 rings (SSSR count). The van der Waals surface area contributed by atoms with Gasteiger partial charge in [-0.1, -0.05) is 12.1 Å². The number of thiazole rings is 1. The summed E-state index contributed by atoms with van der Waals surface area (Å²) in [6.07, 6.45) is -9.54. The molecule has 1 unspecified atom stereocenters. The van der Waals surface area contributed by atoms with E-state index in [0.29, 0.717) is 47.9 Å². The first-order valence-electron chi connectivity index (χ1n) is 13.3. The topological polar surface area (TPSA) is 95.0 Å². The number of carbonyl (C=O) groups is 1. The minimum atomic E-state index is -4.91. The van der Waals surface area contributed by atoms with Crippen molar-refractivity contribution < 1.29 is 53.2 Å². The van der Waals surface area contributed by atoms with E-state index in [1.807, 2.05) is 0 Å². The summed E-state index contributed by atoms with van der Waals surface area (Å²) in [7, 11) is -3.76. The molecule has 8 nitrogen and oxygen atoms in total. The normalized spacial score (nSPS) is 18.5. The molecular weight excluding hydrogens is 638 g/mol. The van der Waals surface area contributed by atoms with Crippen LogP contribution in [-0.4, -0.2) is 43.6 Å². The highest BCUT2D eigenvalue weighted by atomic mass is 32.2. The molecule has 2 aliphatic rings. The summed E-state index contributed by atoms with van der Waals surface area (Å²) in [5, 5.41) is 2.52. The number of hydrogen-bond donors (Lipinski definition) is 0. The predicted octanol–water partition coefficient (Wildman–Crippen LogP) is 6.21. The molecule has 16 heteroatoms. The van der Waals surface area contributed by atoms with Crippen LogP contribution in [-0.2, 0) is 56.4 Å². The Bertz CT molecular complexity index is 1630. The highest BCUT2D eigenvalue weighted by Crippen LogP contribution is 2.38. The number of nitrogens with zero attached hydrogens (tertiary/aromatic N) is 2. The van der Waals surface area contributed by atoms with Crippen LogP contribution in [0.5, 0.6) is 5.75 Å². The molecule has 2 aromatic carbocycles. The van der Waals surface area contributed by atoms with Gasteiger partial charge in [-0.05, 0) is 48.2 Å². The molecular formula is C28H26F6N2O6S2. The number of halogens is 6. The molecule has 1 fully saturated rings. The summed E-state index contributed by atoms with van der Waals surface area (Å²) in [4.78, 5) is 18.9. The molecule has 0 N–H and O–H groups in total. The maximum Gasteiger partial charge on any atom is 0.416 e. The molecule has 3 aromatic rings. The largest absolute Gasteiger partial charge is 0.416 e. The average molecular weight is 665 g/mol. The second-order valence-electron chi connectivity index (χ2n) is 10.4. The maximum atomic E-state index is 13.5. The van der Waals surface area contributed by atoms with Crippen LogP contribution in [0.4, 0.5) is 26.3 Å². The maximum absolute atomic E-state index is 13.5. The highest BCUT2D eigenvalue weighted by Gasteiger charge is 2.38. The van der Waals surface area contributed by atoms with Gasteiger partial charge in [0.1, 0.15) is 11.4 Å². The molecule has 1 aromatic heterocycles. The van der Waals surface area contributed by atoms with Gasteiger partial charge in [-0.2, -0.15) is 34.8 Å². The van der Waals surface area contributed by atoms with Gasteiger partial charge in [0.05, 0.1) is 42.0 Å². The van der Waals surface area contributed by atoms with Gasteiger partial charge in [0, 0.05) is 30.0 Å². The molecule has 44 heavy (non-hydrogen) atoms. The summed E-state index contributed by atoms with van der Waals surface area (Å²) in [5.74, 6) is -0.598. The zero-order valence-corrected chi connectivity index (χ0v) is 24.7. The van der Waals surface area contributed by atoms with Gasteiger partial charge in [0.2, 0.25) is 12.2 Å². The van der Waals surface area contributed by atoms with E-state index >= 15 is 0 Å². The van der Waals surface area contributed by atoms with Crippen LogP contribution >= 0.6 is 11.3 Å². The molecule has 0 aliphatic carbocycles. The minimum absolute atomic E-state index is 0.0149. The van der Waals surface area contributed by atoms with Crippen LogP contribution in [0.1, 0.15) is 63.6 Å². The zero-order valence-electron chi connectivity index (χ0n) is 23.1. The second-order valence-corrected chi connectivity index (χ2v) is 12.9. The van der Waals surface area contributed by atoms with Crippen molar-refractivity contribution in [3.8, 4) is 5.75 Å². The molecule has 1 saturated heterocycles. The fraction of sp³-hybridized carbons (Fsp3) is 0.429. The number of likely N-dealkylation sites (tertiary alicyclic amines) is 1. The lowest BCUT2D eigenvalue weighted by Gasteiger charge is -2.31. The van der Waals surface area contributed by atoms with E-state index in [1.165, 1.54) is 22.3 Å². The van der Waals surface area contributed by atoms with Crippen molar-refractivity contribution in [3.63, 3.8) is 0 Å². The van der Waals surface area contributed by atoms with Crippen LogP contribution in [0.15, 0.2) is 41.8 Å². The Balaban J connectivity index is 1.21. The molecule has 3 heterocycles. The molecule has 0 bridgehead atoms. The number of amides is 1. The zero-order chi connectivity index (χ0) is 31.9. The molecule has 1 atom stereocenters. The Kier molecular flexibility index (Phi) is 8.99. The van der Waals surface area contributed by atoms with E-state index in [9.17, 15) is 39.6 Å². The lowest BCUT2D eigenvalue weighted by molar-refractivity contribution is -0.155. The summed E-state index contributed by atoms with van der Waals surface area (Å²) >= 11 is 1.36. The van der Waals surface area contributed by atoms with E-state index in [-0.39, 0.29) is 38.0 Å². The van der Waals surface area contributed by atoms with Gasteiger partial charge in [0.25, 0.3) is 0 Å². The first-order valence-corrected chi connectivity index (χ1v) is 16.0. The van der Waals surface area contributed by atoms with Crippen molar-refractivity contribution in [1.82, 2.24) is 9.88 Å². The number of piperidine rings is 1. The summed E-state index contributed by atoms with van der Waals surface area (Å²) in [5.41, 5.74) is -1.49. The van der Waals surface area contributed by atoms with Crippen molar-refractivity contribution in [2.24, 2.45) is 0 Å². The third-order valence-corrected chi connectivity index (χ3v) is 8.81. The average Bonchev–Trinajstić information content (AvgIpc) is 3.32. The molecule has 0 spiro atoms. The van der Waals surface area contributed by atoms with Crippen LogP contribution in [0.3, 0.4) is 0 Å². The minimum Gasteiger partial charge on any atom is -0.382 e. The van der Waals surface area contributed by atoms with Gasteiger partial charge in [0.15, 0.2) is 0 Å². The Labute approximate surface area is 252 Å². The van der Waals surface area contributed by atoms with E-state index in [2.05, 4.69) is 4.98 Å². The molecule has 0 saturated carbocycles. The third kappa shape index (κ3) is 7.53. The van der Waals surface area contributed by atoms with Crippen molar-refractivity contribution in [2.45, 2.75) is 57.0 Å². The number of rotatable bonds is 6. The van der Waals surface area contributed by atoms with Crippen LogP contribution in [0, 0.1) is 0 Å². The van der Waals surface area contributed by atoms with Gasteiger partial charge in [-0.3, -0.25) is 4.79 Å². The van der Waals surface area contributed by atoms with Crippen molar-refractivity contribution in [3.05, 3.63) is 80.3 Å². The molecule has 1 amide bonds. The van der Waals surface area contributed by atoms with E-state index in [0.717, 1.165) is 11.3 Å². The van der Waals surface area contributed by atoms with Crippen LogP contribution in [0.25, 0.3) is 0 Å². The van der Waals surface area contributed by atoms with Gasteiger partial charge in [-0.25, -0.2) is 4.98 Å². The molecule has 2 aliphatic heterocycles. The summed E-state index contributed by atoms with van der Waals surface area (Å²) in [6.45, 7) is 0.540. The fourth-order valence-electron chi connectivity index (χ4n) is 5.13. The van der Waals surface area contributed by atoms with Crippen LogP contribution < -0.4 is 4.18 Å². The van der Waals surface area contributed by atoms with Crippen molar-refractivity contribution in [2.75, 3.05) is 19.3 Å². The fourth-order valence-corrected chi connectivity index (χ4v) is 6.61. The predicted molar refractivity (Wildman–Crippen MR) is 145 cm³/mol. The monoisotopic (exact) mass is 664 g/mol. The SMILES string of the molecule is CS(=O)(=O)Oc1cccc2c1COC(c1csc(C3CCN(C(=O)Cc4cc(C(F)(F)F)ccc4C(F)(F)F)CC3)n1)OC2. The Morgan fingerprint density at radius 2 is 1.75 bits per heavy atom. The van der Waals surface area contributed by atoms with Gasteiger partial charge >= 0.3 is 22.5 Å². The first kappa shape index (κ1) is 32.2. The summed E-state index contributed by atoms with van der Waals surface area (Å²) in [6, 6.07) is 6.06. The van der Waals surface area contributed by atoms with E-state index in [4.69, 9.17) is 13.7 Å².